The highest BCUT2D eigenvalue weighted by atomic mass is 35.5. The van der Waals surface area contributed by atoms with Gasteiger partial charge in [-0.3, -0.25) is 4.79 Å². The third-order valence-corrected chi connectivity index (χ3v) is 3.73. The lowest BCUT2D eigenvalue weighted by atomic mass is 9.98. The Morgan fingerprint density at radius 3 is 2.70 bits per heavy atom. The van der Waals surface area contributed by atoms with E-state index in [1.165, 1.54) is 5.56 Å². The molecule has 1 fully saturated rings. The summed E-state index contributed by atoms with van der Waals surface area (Å²) in [5.74, 6) is 0.0198. The number of carboxylic acids is 1. The number of nitrogens with zero attached hydrogens (tertiary/aromatic N) is 1. The first-order chi connectivity index (χ1) is 9.19. The fraction of sp³-hybridized carbons (Fsp3) is 0.533. The van der Waals surface area contributed by atoms with Gasteiger partial charge in [0.25, 0.3) is 0 Å². The van der Waals surface area contributed by atoms with Crippen LogP contribution in [0.2, 0.25) is 0 Å². The van der Waals surface area contributed by atoms with Gasteiger partial charge >= 0.3 is 5.97 Å². The Kier molecular flexibility index (Phi) is 6.82. The van der Waals surface area contributed by atoms with Gasteiger partial charge in [-0.2, -0.15) is 0 Å². The Morgan fingerprint density at radius 1 is 1.40 bits per heavy atom. The van der Waals surface area contributed by atoms with E-state index in [2.05, 4.69) is 17.0 Å². The molecule has 1 aromatic rings. The van der Waals surface area contributed by atoms with Crippen molar-refractivity contribution in [2.45, 2.75) is 19.3 Å². The van der Waals surface area contributed by atoms with Crippen LogP contribution in [-0.4, -0.2) is 42.7 Å². The molecule has 1 unspecified atom stereocenters. The lowest BCUT2D eigenvalue weighted by Crippen LogP contribution is -2.39. The summed E-state index contributed by atoms with van der Waals surface area (Å²) in [7, 11) is 1.66. The summed E-state index contributed by atoms with van der Waals surface area (Å²) in [5.41, 5.74) is 1.26. The zero-order valence-electron chi connectivity index (χ0n) is 11.7. The van der Waals surface area contributed by atoms with Gasteiger partial charge in [0, 0.05) is 13.1 Å². The van der Waals surface area contributed by atoms with Gasteiger partial charge in [0.2, 0.25) is 0 Å². The molecule has 0 saturated carbocycles. The van der Waals surface area contributed by atoms with E-state index >= 15 is 0 Å². The standard InChI is InChI=1S/C15H21NO3.ClH/c1-19-14-6-4-12(5-7-14)8-10-16-9-2-3-13(11-16)15(17)18;/h4-7,13H,2-3,8-11H2,1H3,(H,17,18);1H. The second-order valence-electron chi connectivity index (χ2n) is 5.08. The number of aliphatic carboxylic acids is 1. The van der Waals surface area contributed by atoms with Gasteiger partial charge in [-0.05, 0) is 43.5 Å². The van der Waals surface area contributed by atoms with E-state index in [-0.39, 0.29) is 18.3 Å². The molecular weight excluding hydrogens is 278 g/mol. The highest BCUT2D eigenvalue weighted by Gasteiger charge is 2.24. The molecule has 112 valence electrons. The zero-order valence-corrected chi connectivity index (χ0v) is 12.6. The van der Waals surface area contributed by atoms with Gasteiger partial charge in [0.1, 0.15) is 5.75 Å². The third-order valence-electron chi connectivity index (χ3n) is 3.73. The molecule has 0 radical (unpaired) electrons. The van der Waals surface area contributed by atoms with E-state index in [9.17, 15) is 4.79 Å². The first-order valence-electron chi connectivity index (χ1n) is 6.77. The van der Waals surface area contributed by atoms with Crippen molar-refractivity contribution in [1.82, 2.24) is 4.90 Å². The average molecular weight is 300 g/mol. The fourth-order valence-electron chi connectivity index (χ4n) is 2.54. The molecule has 0 bridgehead atoms. The summed E-state index contributed by atoms with van der Waals surface area (Å²) in [5, 5.41) is 9.06. The van der Waals surface area contributed by atoms with Crippen LogP contribution in [0.3, 0.4) is 0 Å². The predicted octanol–water partition coefficient (Wildman–Crippen LogP) is 2.46. The van der Waals surface area contributed by atoms with Crippen LogP contribution in [0.25, 0.3) is 0 Å². The van der Waals surface area contributed by atoms with Crippen LogP contribution in [0.5, 0.6) is 5.75 Å². The zero-order chi connectivity index (χ0) is 13.7. The van der Waals surface area contributed by atoms with Gasteiger partial charge in [-0.25, -0.2) is 0 Å². The Bertz CT molecular complexity index is 422. The van der Waals surface area contributed by atoms with Crippen molar-refractivity contribution >= 4 is 18.4 Å². The number of hydrogen-bond donors (Lipinski definition) is 1. The van der Waals surface area contributed by atoms with Crippen LogP contribution in [0.4, 0.5) is 0 Å². The Labute approximate surface area is 126 Å². The van der Waals surface area contributed by atoms with Gasteiger partial charge in [0.05, 0.1) is 13.0 Å². The van der Waals surface area contributed by atoms with Gasteiger partial charge < -0.3 is 14.7 Å². The van der Waals surface area contributed by atoms with Crippen LogP contribution in [0, 0.1) is 5.92 Å². The number of methoxy groups -OCH3 is 1. The molecule has 20 heavy (non-hydrogen) atoms. The molecule has 1 saturated heterocycles. The molecule has 2 rings (SSSR count). The Balaban J connectivity index is 0.00000200. The molecule has 5 heteroatoms. The SMILES string of the molecule is COc1ccc(CCN2CCCC(C(=O)O)C2)cc1.Cl. The van der Waals surface area contributed by atoms with Crippen LogP contribution in [0.15, 0.2) is 24.3 Å². The summed E-state index contributed by atoms with van der Waals surface area (Å²) in [6.45, 7) is 2.63. The molecule has 1 N–H and O–H groups in total. The number of halogens is 1. The molecule has 0 amide bonds. The van der Waals surface area contributed by atoms with Crippen molar-refractivity contribution in [3.05, 3.63) is 29.8 Å². The van der Waals surface area contributed by atoms with Gasteiger partial charge in [0.15, 0.2) is 0 Å². The van der Waals surface area contributed by atoms with Crippen LogP contribution < -0.4 is 4.74 Å². The van der Waals surface area contributed by atoms with Crippen molar-refractivity contribution in [1.29, 1.82) is 0 Å². The van der Waals surface area contributed by atoms with Crippen LogP contribution in [0.1, 0.15) is 18.4 Å². The lowest BCUT2D eigenvalue weighted by molar-refractivity contribution is -0.143. The van der Waals surface area contributed by atoms with Crippen molar-refractivity contribution in [3.8, 4) is 5.75 Å². The first-order valence-corrected chi connectivity index (χ1v) is 6.77. The second kappa shape index (κ2) is 8.12. The van der Waals surface area contributed by atoms with E-state index < -0.39 is 5.97 Å². The minimum Gasteiger partial charge on any atom is -0.497 e. The van der Waals surface area contributed by atoms with Crippen molar-refractivity contribution in [3.63, 3.8) is 0 Å². The van der Waals surface area contributed by atoms with E-state index in [1.54, 1.807) is 7.11 Å². The maximum absolute atomic E-state index is 11.0. The summed E-state index contributed by atoms with van der Waals surface area (Å²) >= 11 is 0. The molecule has 4 nitrogen and oxygen atoms in total. The van der Waals surface area contributed by atoms with E-state index in [4.69, 9.17) is 9.84 Å². The first kappa shape index (κ1) is 16.8. The molecule has 1 heterocycles. The number of rotatable bonds is 5. The number of carboxylic acid groups (broad SMARTS) is 1. The predicted molar refractivity (Wildman–Crippen MR) is 80.7 cm³/mol. The number of likely N-dealkylation sites (tertiary alicyclic amines) is 1. The summed E-state index contributed by atoms with van der Waals surface area (Å²) in [6.07, 6.45) is 2.75. The molecule has 0 aromatic heterocycles. The van der Waals surface area contributed by atoms with Crippen LogP contribution in [-0.2, 0) is 11.2 Å². The number of piperidine rings is 1. The maximum atomic E-state index is 11.0. The molecule has 1 atom stereocenters. The minimum atomic E-state index is -0.658. The van der Waals surface area contributed by atoms with Crippen molar-refractivity contribution < 1.29 is 14.6 Å². The van der Waals surface area contributed by atoms with E-state index in [1.807, 2.05) is 12.1 Å². The smallest absolute Gasteiger partial charge is 0.307 e. The summed E-state index contributed by atoms with van der Waals surface area (Å²) < 4.78 is 5.13. The fourth-order valence-corrected chi connectivity index (χ4v) is 2.54. The summed E-state index contributed by atoms with van der Waals surface area (Å²) in [4.78, 5) is 13.3. The summed E-state index contributed by atoms with van der Waals surface area (Å²) in [6, 6.07) is 8.06. The van der Waals surface area contributed by atoms with Crippen LogP contribution >= 0.6 is 12.4 Å². The second-order valence-corrected chi connectivity index (χ2v) is 5.08. The monoisotopic (exact) mass is 299 g/mol. The maximum Gasteiger partial charge on any atom is 0.307 e. The van der Waals surface area contributed by atoms with E-state index in [0.29, 0.717) is 6.54 Å². The minimum absolute atomic E-state index is 0. The largest absolute Gasteiger partial charge is 0.497 e. The quantitative estimate of drug-likeness (QED) is 0.907. The number of carbonyl (C=O) groups is 1. The molecule has 0 aliphatic carbocycles. The van der Waals surface area contributed by atoms with Gasteiger partial charge in [-0.15, -0.1) is 12.4 Å². The van der Waals surface area contributed by atoms with Gasteiger partial charge in [-0.1, -0.05) is 12.1 Å². The number of hydrogen-bond acceptors (Lipinski definition) is 3. The molecule has 0 spiro atoms. The Hall–Kier alpha value is -1.26. The molecule has 1 aliphatic heterocycles. The number of ether oxygens (including phenoxy) is 1. The molecule has 1 aliphatic rings. The highest BCUT2D eigenvalue weighted by molar-refractivity contribution is 5.85. The number of benzene rings is 1. The van der Waals surface area contributed by atoms with Crippen molar-refractivity contribution in [2.75, 3.05) is 26.7 Å². The topological polar surface area (TPSA) is 49.8 Å². The third kappa shape index (κ3) is 4.69. The average Bonchev–Trinajstić information content (AvgIpc) is 2.46. The molecule has 1 aromatic carbocycles. The molecular formula is C15H22ClNO3. The normalized spacial score (nSPS) is 19.1. The van der Waals surface area contributed by atoms with E-state index in [0.717, 1.165) is 38.1 Å². The lowest BCUT2D eigenvalue weighted by Gasteiger charge is -2.30. The van der Waals surface area contributed by atoms with Crippen molar-refractivity contribution in [2.24, 2.45) is 5.92 Å². The Morgan fingerprint density at radius 2 is 2.10 bits per heavy atom. The highest BCUT2D eigenvalue weighted by Crippen LogP contribution is 2.17.